The second-order valence-corrected chi connectivity index (χ2v) is 10.8. The molecule has 0 bridgehead atoms. The van der Waals surface area contributed by atoms with E-state index in [0.717, 1.165) is 11.1 Å². The number of hydrogen-bond donors (Lipinski definition) is 0. The molecule has 0 saturated heterocycles. The third-order valence-corrected chi connectivity index (χ3v) is 8.11. The van der Waals surface area contributed by atoms with E-state index in [0.29, 0.717) is 42.3 Å². The minimum Gasteiger partial charge on any atom is -0.497 e. The van der Waals surface area contributed by atoms with Crippen molar-refractivity contribution in [1.82, 2.24) is 4.57 Å². The van der Waals surface area contributed by atoms with E-state index in [1.807, 2.05) is 60.7 Å². The molecule has 2 heterocycles. The lowest BCUT2D eigenvalue weighted by atomic mass is 9.93. The van der Waals surface area contributed by atoms with Gasteiger partial charge >= 0.3 is 5.97 Å². The number of thiazole rings is 1. The first kappa shape index (κ1) is 28.4. The summed E-state index contributed by atoms with van der Waals surface area (Å²) in [5.41, 5.74) is 2.60. The average molecular weight is 636 g/mol. The first-order chi connectivity index (χ1) is 19.9. The van der Waals surface area contributed by atoms with Crippen molar-refractivity contribution in [2.75, 3.05) is 27.9 Å². The number of carbonyl (C=O) groups is 1. The molecule has 1 aliphatic heterocycles. The third-order valence-electron chi connectivity index (χ3n) is 6.54. The van der Waals surface area contributed by atoms with Gasteiger partial charge in [0.1, 0.15) is 5.75 Å². The van der Waals surface area contributed by atoms with Gasteiger partial charge in [0.15, 0.2) is 16.3 Å². The van der Waals surface area contributed by atoms with Crippen molar-refractivity contribution in [1.29, 1.82) is 0 Å². The van der Waals surface area contributed by atoms with Gasteiger partial charge < -0.3 is 18.9 Å². The van der Waals surface area contributed by atoms with Gasteiger partial charge in [0, 0.05) is 5.56 Å². The number of aromatic nitrogens is 1. The van der Waals surface area contributed by atoms with Crippen LogP contribution in [0.3, 0.4) is 0 Å². The number of halogens is 1. The molecule has 4 aromatic rings. The molecule has 0 fully saturated rings. The molecule has 0 aliphatic carbocycles. The highest BCUT2D eigenvalue weighted by Crippen LogP contribution is 2.37. The third kappa shape index (κ3) is 5.45. The van der Waals surface area contributed by atoms with Gasteiger partial charge in [-0.3, -0.25) is 9.36 Å². The molecule has 0 radical (unpaired) electrons. The maximum Gasteiger partial charge on any atom is 0.338 e. The lowest BCUT2D eigenvalue weighted by Gasteiger charge is -2.26. The Morgan fingerprint density at radius 3 is 2.49 bits per heavy atom. The summed E-state index contributed by atoms with van der Waals surface area (Å²) < 4.78 is 24.6. The Morgan fingerprint density at radius 1 is 1.02 bits per heavy atom. The van der Waals surface area contributed by atoms with E-state index in [9.17, 15) is 9.59 Å². The van der Waals surface area contributed by atoms with Crippen molar-refractivity contribution in [2.24, 2.45) is 4.99 Å². The largest absolute Gasteiger partial charge is 0.497 e. The number of nitrogens with zero attached hydrogens (tertiary/aromatic N) is 2. The quantitative estimate of drug-likeness (QED) is 0.261. The Balaban J connectivity index is 1.82. The van der Waals surface area contributed by atoms with Gasteiger partial charge in [-0.2, -0.15) is 0 Å². The predicted molar refractivity (Wildman–Crippen MR) is 161 cm³/mol. The number of methoxy groups -OCH3 is 3. The first-order valence-corrected chi connectivity index (χ1v) is 14.3. The van der Waals surface area contributed by atoms with Crippen LogP contribution >= 0.6 is 27.3 Å². The van der Waals surface area contributed by atoms with Crippen LogP contribution in [0.1, 0.15) is 29.7 Å². The second kappa shape index (κ2) is 12.2. The van der Waals surface area contributed by atoms with Crippen LogP contribution in [-0.4, -0.2) is 38.5 Å². The normalized spacial score (nSPS) is 14.8. The van der Waals surface area contributed by atoms with E-state index in [4.69, 9.17) is 23.9 Å². The van der Waals surface area contributed by atoms with Crippen LogP contribution in [0.2, 0.25) is 0 Å². The van der Waals surface area contributed by atoms with E-state index in [1.165, 1.54) is 11.3 Å². The Bertz CT molecular complexity index is 1830. The van der Waals surface area contributed by atoms with E-state index in [2.05, 4.69) is 15.9 Å². The molecule has 1 atom stereocenters. The highest BCUT2D eigenvalue weighted by atomic mass is 79.9. The van der Waals surface area contributed by atoms with Gasteiger partial charge in [0.2, 0.25) is 0 Å². The second-order valence-electron chi connectivity index (χ2n) is 8.95. The summed E-state index contributed by atoms with van der Waals surface area (Å²) in [6, 6.07) is 19.6. The summed E-state index contributed by atoms with van der Waals surface area (Å²) in [7, 11) is 4.69. The van der Waals surface area contributed by atoms with Crippen LogP contribution in [0.15, 0.2) is 86.6 Å². The van der Waals surface area contributed by atoms with Crippen LogP contribution in [-0.2, 0) is 9.53 Å². The molecular formula is C31H27BrN2O6S. The number of carbonyl (C=O) groups excluding carboxylic acids is 1. The Morgan fingerprint density at radius 2 is 1.80 bits per heavy atom. The molecule has 1 aromatic heterocycles. The molecule has 10 heteroatoms. The summed E-state index contributed by atoms with van der Waals surface area (Å²) in [5, 5.41) is 0. The van der Waals surface area contributed by atoms with E-state index in [1.54, 1.807) is 45.0 Å². The lowest BCUT2D eigenvalue weighted by Crippen LogP contribution is -2.40. The van der Waals surface area contributed by atoms with Crippen molar-refractivity contribution in [3.63, 3.8) is 0 Å². The molecule has 3 aromatic carbocycles. The number of rotatable bonds is 8. The van der Waals surface area contributed by atoms with Crippen LogP contribution in [0.25, 0.3) is 11.8 Å². The van der Waals surface area contributed by atoms with Crippen molar-refractivity contribution in [3.05, 3.63) is 113 Å². The predicted octanol–water partition coefficient (Wildman–Crippen LogP) is 4.72. The van der Waals surface area contributed by atoms with E-state index in [-0.39, 0.29) is 17.7 Å². The summed E-state index contributed by atoms with van der Waals surface area (Å²) in [6.45, 7) is 1.92. The van der Waals surface area contributed by atoms with E-state index >= 15 is 0 Å². The standard InChI is InChI=1S/C31H27BrN2O6S/c1-5-40-30(36)25-26(19-10-7-6-8-11-19)33-31-34(27(25)20-12-9-13-21(17-20)37-2)29(35)24(41-31)16-18-14-22(32)28(39-4)23(15-18)38-3/h6-17,27H,5H2,1-4H3/b24-16-/t27-/m1/s1. The number of esters is 1. The molecule has 0 amide bonds. The number of ether oxygens (including phenoxy) is 4. The molecule has 0 unspecified atom stereocenters. The molecule has 1 aliphatic rings. The van der Waals surface area contributed by atoms with Gasteiger partial charge in [-0.15, -0.1) is 0 Å². The van der Waals surface area contributed by atoms with Crippen LogP contribution < -0.4 is 29.1 Å². The Labute approximate surface area is 248 Å². The molecule has 210 valence electrons. The van der Waals surface area contributed by atoms with Gasteiger partial charge in [-0.1, -0.05) is 53.8 Å². The van der Waals surface area contributed by atoms with Gasteiger partial charge in [-0.25, -0.2) is 9.79 Å². The number of fused-ring (bicyclic) bond motifs is 1. The average Bonchev–Trinajstić information content (AvgIpc) is 3.30. The Kier molecular flexibility index (Phi) is 8.41. The zero-order chi connectivity index (χ0) is 29.1. The zero-order valence-electron chi connectivity index (χ0n) is 22.8. The summed E-state index contributed by atoms with van der Waals surface area (Å²) >= 11 is 4.76. The maximum absolute atomic E-state index is 14.1. The smallest absolute Gasteiger partial charge is 0.338 e. The van der Waals surface area contributed by atoms with Crippen molar-refractivity contribution in [3.8, 4) is 17.2 Å². The van der Waals surface area contributed by atoms with E-state index < -0.39 is 12.0 Å². The molecule has 0 saturated carbocycles. The fourth-order valence-corrected chi connectivity index (χ4v) is 6.36. The van der Waals surface area contributed by atoms with Gasteiger partial charge in [-0.05, 0) is 64.3 Å². The van der Waals surface area contributed by atoms with Crippen LogP contribution in [0.5, 0.6) is 17.2 Å². The fraction of sp³-hybridized carbons (Fsp3) is 0.194. The summed E-state index contributed by atoms with van der Waals surface area (Å²) in [6.07, 6.45) is 1.77. The SMILES string of the molecule is CCOC(=O)C1=C(c2ccccc2)N=c2s/c(=C\c3cc(Br)c(OC)c(OC)c3)c(=O)n2[C@@H]1c1cccc(OC)c1. The minimum atomic E-state index is -0.796. The molecule has 5 rings (SSSR count). The molecule has 41 heavy (non-hydrogen) atoms. The van der Waals surface area contributed by atoms with Crippen molar-refractivity contribution in [2.45, 2.75) is 13.0 Å². The summed E-state index contributed by atoms with van der Waals surface area (Å²) in [5.74, 6) is 1.13. The fourth-order valence-electron chi connectivity index (χ4n) is 4.74. The molecule has 0 N–H and O–H groups in total. The lowest BCUT2D eigenvalue weighted by molar-refractivity contribution is -0.138. The van der Waals surface area contributed by atoms with Gasteiger partial charge in [0.05, 0.1) is 54.3 Å². The van der Waals surface area contributed by atoms with Crippen molar-refractivity contribution >= 4 is 45.0 Å². The molecular weight excluding hydrogens is 608 g/mol. The molecule has 8 nitrogen and oxygen atoms in total. The van der Waals surface area contributed by atoms with Crippen LogP contribution in [0.4, 0.5) is 0 Å². The highest BCUT2D eigenvalue weighted by Gasteiger charge is 2.35. The Hall–Kier alpha value is -4.15. The first-order valence-electron chi connectivity index (χ1n) is 12.7. The van der Waals surface area contributed by atoms with Crippen LogP contribution in [0, 0.1) is 0 Å². The number of hydrogen-bond acceptors (Lipinski definition) is 8. The zero-order valence-corrected chi connectivity index (χ0v) is 25.2. The molecule has 0 spiro atoms. The maximum atomic E-state index is 14.1. The number of benzene rings is 3. The monoisotopic (exact) mass is 634 g/mol. The van der Waals surface area contributed by atoms with Gasteiger partial charge in [0.25, 0.3) is 5.56 Å². The van der Waals surface area contributed by atoms with Crippen molar-refractivity contribution < 1.29 is 23.7 Å². The highest BCUT2D eigenvalue weighted by molar-refractivity contribution is 9.10. The minimum absolute atomic E-state index is 0.174. The topological polar surface area (TPSA) is 88.4 Å². The summed E-state index contributed by atoms with van der Waals surface area (Å²) in [4.78, 5) is 33.0.